The second-order valence-corrected chi connectivity index (χ2v) is 6.81. The Bertz CT molecular complexity index is 671. The lowest BCUT2D eigenvalue weighted by molar-refractivity contribution is -0.120. The van der Waals surface area contributed by atoms with Crippen molar-refractivity contribution < 1.29 is 14.7 Å². The fourth-order valence-corrected chi connectivity index (χ4v) is 3.03. The molecule has 1 unspecified atom stereocenters. The predicted octanol–water partition coefficient (Wildman–Crippen LogP) is 3.37. The SMILES string of the molecule is CC(SCc1ccccc1)C(=O)NCCc1ccc(C(=O)O)cc1. The third-order valence-corrected chi connectivity index (χ3v) is 4.84. The van der Waals surface area contributed by atoms with E-state index < -0.39 is 5.97 Å². The third-order valence-electron chi connectivity index (χ3n) is 3.63. The number of hydrogen-bond acceptors (Lipinski definition) is 3. The second-order valence-electron chi connectivity index (χ2n) is 5.48. The van der Waals surface area contributed by atoms with Gasteiger partial charge in [0.2, 0.25) is 5.91 Å². The molecule has 0 aliphatic rings. The molecule has 0 fully saturated rings. The molecular weight excluding hydrogens is 322 g/mol. The van der Waals surface area contributed by atoms with E-state index in [0.29, 0.717) is 13.0 Å². The summed E-state index contributed by atoms with van der Waals surface area (Å²) >= 11 is 1.61. The van der Waals surface area contributed by atoms with Gasteiger partial charge in [0.15, 0.2) is 0 Å². The van der Waals surface area contributed by atoms with Crippen LogP contribution in [0.4, 0.5) is 0 Å². The number of amides is 1. The van der Waals surface area contributed by atoms with Crippen LogP contribution in [0.3, 0.4) is 0 Å². The smallest absolute Gasteiger partial charge is 0.335 e. The molecule has 2 aromatic carbocycles. The summed E-state index contributed by atoms with van der Waals surface area (Å²) in [6, 6.07) is 16.8. The zero-order chi connectivity index (χ0) is 17.4. The molecule has 24 heavy (non-hydrogen) atoms. The minimum Gasteiger partial charge on any atom is -0.478 e. The molecule has 2 N–H and O–H groups in total. The van der Waals surface area contributed by atoms with Crippen molar-refractivity contribution in [3.8, 4) is 0 Å². The normalized spacial score (nSPS) is 11.7. The summed E-state index contributed by atoms with van der Waals surface area (Å²) in [4.78, 5) is 22.9. The van der Waals surface area contributed by atoms with E-state index in [9.17, 15) is 9.59 Å². The van der Waals surface area contributed by atoms with Crippen molar-refractivity contribution in [3.05, 3.63) is 71.3 Å². The second kappa shape index (κ2) is 9.13. The molecule has 2 rings (SSSR count). The van der Waals surface area contributed by atoms with Crippen LogP contribution in [0.25, 0.3) is 0 Å². The van der Waals surface area contributed by atoms with Crippen LogP contribution in [0, 0.1) is 0 Å². The Balaban J connectivity index is 1.71. The van der Waals surface area contributed by atoms with Crippen LogP contribution >= 0.6 is 11.8 Å². The van der Waals surface area contributed by atoms with Crippen LogP contribution in [0.15, 0.2) is 54.6 Å². The monoisotopic (exact) mass is 343 g/mol. The third kappa shape index (κ3) is 5.74. The van der Waals surface area contributed by atoms with Gasteiger partial charge in [0.05, 0.1) is 10.8 Å². The summed E-state index contributed by atoms with van der Waals surface area (Å²) in [5, 5.41) is 11.7. The lowest BCUT2D eigenvalue weighted by Gasteiger charge is -2.12. The van der Waals surface area contributed by atoms with E-state index in [0.717, 1.165) is 11.3 Å². The van der Waals surface area contributed by atoms with Gasteiger partial charge in [-0.2, -0.15) is 0 Å². The highest BCUT2D eigenvalue weighted by molar-refractivity contribution is 7.99. The molecule has 0 bridgehead atoms. The first-order valence-corrected chi connectivity index (χ1v) is 8.86. The molecule has 0 saturated carbocycles. The van der Waals surface area contributed by atoms with Gasteiger partial charge in [-0.25, -0.2) is 4.79 Å². The van der Waals surface area contributed by atoms with Crippen LogP contribution in [-0.4, -0.2) is 28.8 Å². The van der Waals surface area contributed by atoms with Crippen molar-refractivity contribution >= 4 is 23.6 Å². The Morgan fingerprint density at radius 2 is 1.71 bits per heavy atom. The molecule has 0 aliphatic carbocycles. The zero-order valence-corrected chi connectivity index (χ0v) is 14.4. The molecule has 0 heterocycles. The van der Waals surface area contributed by atoms with Gasteiger partial charge >= 0.3 is 5.97 Å². The fourth-order valence-electron chi connectivity index (χ4n) is 2.16. The van der Waals surface area contributed by atoms with Crippen molar-refractivity contribution in [3.63, 3.8) is 0 Å². The van der Waals surface area contributed by atoms with E-state index in [-0.39, 0.29) is 16.7 Å². The first kappa shape index (κ1) is 18.1. The molecule has 4 nitrogen and oxygen atoms in total. The van der Waals surface area contributed by atoms with Crippen molar-refractivity contribution in [2.75, 3.05) is 6.54 Å². The van der Waals surface area contributed by atoms with E-state index in [4.69, 9.17) is 5.11 Å². The van der Waals surface area contributed by atoms with E-state index in [1.165, 1.54) is 5.56 Å². The Hall–Kier alpha value is -2.27. The lowest BCUT2D eigenvalue weighted by Crippen LogP contribution is -2.32. The van der Waals surface area contributed by atoms with Crippen molar-refractivity contribution in [2.45, 2.75) is 24.3 Å². The molecule has 126 valence electrons. The molecule has 0 radical (unpaired) electrons. The minimum atomic E-state index is -0.931. The van der Waals surface area contributed by atoms with E-state index in [1.807, 2.05) is 25.1 Å². The Labute approximate surface area is 146 Å². The summed E-state index contributed by atoms with van der Waals surface area (Å²) in [7, 11) is 0. The summed E-state index contributed by atoms with van der Waals surface area (Å²) in [5.74, 6) is -0.0938. The molecule has 0 aromatic heterocycles. The quantitative estimate of drug-likeness (QED) is 0.771. The number of thioether (sulfide) groups is 1. The summed E-state index contributed by atoms with van der Waals surface area (Å²) < 4.78 is 0. The topological polar surface area (TPSA) is 66.4 Å². The maximum absolute atomic E-state index is 12.1. The molecule has 1 amide bonds. The lowest BCUT2D eigenvalue weighted by atomic mass is 10.1. The van der Waals surface area contributed by atoms with Gasteiger partial charge < -0.3 is 10.4 Å². The number of nitrogens with one attached hydrogen (secondary N) is 1. The first-order valence-electron chi connectivity index (χ1n) is 7.81. The maximum Gasteiger partial charge on any atom is 0.335 e. The average Bonchev–Trinajstić information content (AvgIpc) is 2.61. The zero-order valence-electron chi connectivity index (χ0n) is 13.6. The first-order chi connectivity index (χ1) is 11.6. The fraction of sp³-hybridized carbons (Fsp3) is 0.263. The number of aromatic carboxylic acids is 1. The van der Waals surface area contributed by atoms with Crippen LogP contribution < -0.4 is 5.32 Å². The number of hydrogen-bond donors (Lipinski definition) is 2. The number of carboxylic acids is 1. The van der Waals surface area contributed by atoms with Crippen molar-refractivity contribution in [1.29, 1.82) is 0 Å². The summed E-state index contributed by atoms with van der Waals surface area (Å²) in [6.07, 6.45) is 0.682. The van der Waals surface area contributed by atoms with Crippen LogP contribution in [0.5, 0.6) is 0 Å². The average molecular weight is 343 g/mol. The van der Waals surface area contributed by atoms with Crippen LogP contribution in [-0.2, 0) is 17.0 Å². The Kier molecular flexibility index (Phi) is 6.88. The van der Waals surface area contributed by atoms with Gasteiger partial charge in [0.1, 0.15) is 0 Å². The highest BCUT2D eigenvalue weighted by atomic mass is 32.2. The number of benzene rings is 2. The number of rotatable bonds is 8. The largest absolute Gasteiger partial charge is 0.478 e. The molecule has 0 saturated heterocycles. The molecule has 0 aliphatic heterocycles. The molecular formula is C19H21NO3S. The highest BCUT2D eigenvalue weighted by Crippen LogP contribution is 2.17. The van der Waals surface area contributed by atoms with E-state index in [1.54, 1.807) is 36.0 Å². The summed E-state index contributed by atoms with van der Waals surface area (Å²) in [5.41, 5.74) is 2.49. The minimum absolute atomic E-state index is 0.0260. The van der Waals surface area contributed by atoms with Crippen molar-refractivity contribution in [2.24, 2.45) is 0 Å². The van der Waals surface area contributed by atoms with Gasteiger partial charge in [-0.1, -0.05) is 42.5 Å². The Morgan fingerprint density at radius 1 is 1.04 bits per heavy atom. The van der Waals surface area contributed by atoms with E-state index in [2.05, 4.69) is 17.4 Å². The molecule has 2 aromatic rings. The van der Waals surface area contributed by atoms with Crippen LogP contribution in [0.2, 0.25) is 0 Å². The molecule has 5 heteroatoms. The van der Waals surface area contributed by atoms with Gasteiger partial charge in [-0.3, -0.25) is 4.79 Å². The van der Waals surface area contributed by atoms with Gasteiger partial charge in [-0.15, -0.1) is 11.8 Å². The number of carboxylic acid groups (broad SMARTS) is 1. The number of carbonyl (C=O) groups is 2. The van der Waals surface area contributed by atoms with Gasteiger partial charge in [0.25, 0.3) is 0 Å². The van der Waals surface area contributed by atoms with Crippen molar-refractivity contribution in [1.82, 2.24) is 5.32 Å². The standard InChI is InChI=1S/C19H21NO3S/c1-14(24-13-16-5-3-2-4-6-16)18(21)20-12-11-15-7-9-17(10-8-15)19(22)23/h2-10,14H,11-13H2,1H3,(H,20,21)(H,22,23). The van der Waals surface area contributed by atoms with E-state index >= 15 is 0 Å². The Morgan fingerprint density at radius 3 is 2.33 bits per heavy atom. The van der Waals surface area contributed by atoms with Gasteiger partial charge in [-0.05, 0) is 36.6 Å². The summed E-state index contributed by atoms with van der Waals surface area (Å²) in [6.45, 7) is 2.45. The molecule has 0 spiro atoms. The number of carbonyl (C=O) groups excluding carboxylic acids is 1. The van der Waals surface area contributed by atoms with Gasteiger partial charge in [0, 0.05) is 12.3 Å². The van der Waals surface area contributed by atoms with Crippen LogP contribution in [0.1, 0.15) is 28.4 Å². The maximum atomic E-state index is 12.1. The highest BCUT2D eigenvalue weighted by Gasteiger charge is 2.12. The molecule has 1 atom stereocenters. The predicted molar refractivity (Wildman–Crippen MR) is 97.3 cm³/mol.